The lowest BCUT2D eigenvalue weighted by molar-refractivity contribution is -0.105. The minimum atomic E-state index is -0.574. The summed E-state index contributed by atoms with van der Waals surface area (Å²) in [5.74, 6) is 1.47. The van der Waals surface area contributed by atoms with E-state index in [4.69, 9.17) is 19.0 Å². The van der Waals surface area contributed by atoms with Crippen molar-refractivity contribution in [1.29, 1.82) is 0 Å². The zero-order chi connectivity index (χ0) is 24.8. The number of ether oxygens (including phenoxy) is 2. The maximum Gasteiger partial charge on any atom is 0.407 e. The third-order valence-electron chi connectivity index (χ3n) is 4.71. The van der Waals surface area contributed by atoms with E-state index in [0.29, 0.717) is 24.3 Å². The second-order valence-corrected chi connectivity index (χ2v) is 6.97. The molecular weight excluding hydrogens is 440 g/mol. The van der Waals surface area contributed by atoms with Crippen LogP contribution in [0.3, 0.4) is 0 Å². The quantitative estimate of drug-likeness (QED) is 0.330. The number of aromatic nitrogens is 1. The molecule has 34 heavy (non-hydrogen) atoms. The molecule has 182 valence electrons. The normalized spacial score (nSPS) is 10.8. The van der Waals surface area contributed by atoms with Gasteiger partial charge in [-0.3, -0.25) is 4.79 Å². The van der Waals surface area contributed by atoms with Gasteiger partial charge >= 0.3 is 6.09 Å². The number of carbonyl (C=O) groups is 2. The number of aliphatic hydroxyl groups is 1. The van der Waals surface area contributed by atoms with Crippen molar-refractivity contribution in [2.75, 3.05) is 31.4 Å². The third kappa shape index (κ3) is 8.14. The number of methoxy groups -OCH3 is 1. The van der Waals surface area contributed by atoms with Crippen LogP contribution in [0.5, 0.6) is 5.75 Å². The molecule has 3 aromatic rings. The summed E-state index contributed by atoms with van der Waals surface area (Å²) in [7, 11) is 3.50. The molecule has 0 aliphatic heterocycles. The van der Waals surface area contributed by atoms with Gasteiger partial charge in [-0.2, -0.15) is 0 Å². The van der Waals surface area contributed by atoms with Crippen molar-refractivity contribution >= 4 is 23.9 Å². The molecule has 1 aromatic heterocycles. The van der Waals surface area contributed by atoms with Gasteiger partial charge < -0.3 is 34.9 Å². The molecule has 3 rings (SSSR count). The zero-order valence-electron chi connectivity index (χ0n) is 19.4. The van der Waals surface area contributed by atoms with Gasteiger partial charge in [0.25, 0.3) is 0 Å². The van der Waals surface area contributed by atoms with Crippen LogP contribution in [0.1, 0.15) is 18.9 Å². The molecule has 0 aliphatic rings. The number of amides is 2. The van der Waals surface area contributed by atoms with Gasteiger partial charge in [0.2, 0.25) is 6.41 Å². The number of nitrogens with one attached hydrogen (secondary N) is 3. The fourth-order valence-electron chi connectivity index (χ4n) is 2.86. The van der Waals surface area contributed by atoms with Gasteiger partial charge in [-0.25, -0.2) is 9.78 Å². The van der Waals surface area contributed by atoms with Crippen LogP contribution in [0.4, 0.5) is 16.2 Å². The van der Waals surface area contributed by atoms with E-state index >= 15 is 0 Å². The largest absolute Gasteiger partial charge is 0.496 e. The molecule has 0 bridgehead atoms. The Labute approximate surface area is 198 Å². The molecule has 0 saturated carbocycles. The molecule has 10 heteroatoms. The minimum Gasteiger partial charge on any atom is -0.496 e. The second-order valence-electron chi connectivity index (χ2n) is 6.97. The predicted octanol–water partition coefficient (Wildman–Crippen LogP) is 3.64. The van der Waals surface area contributed by atoms with Crippen molar-refractivity contribution in [2.45, 2.75) is 26.0 Å². The maximum absolute atomic E-state index is 11.4. The van der Waals surface area contributed by atoms with E-state index in [0.717, 1.165) is 22.6 Å². The number of benzene rings is 2. The van der Waals surface area contributed by atoms with Crippen LogP contribution in [0.2, 0.25) is 0 Å². The summed E-state index contributed by atoms with van der Waals surface area (Å²) < 4.78 is 15.5. The summed E-state index contributed by atoms with van der Waals surface area (Å²) in [5.41, 5.74) is 3.38. The van der Waals surface area contributed by atoms with Crippen molar-refractivity contribution in [3.8, 4) is 17.1 Å². The molecule has 1 heterocycles. The van der Waals surface area contributed by atoms with E-state index in [1.807, 2.05) is 38.2 Å². The number of alkyl carbamates (subject to hydrolysis) is 1. The Morgan fingerprint density at radius 3 is 2.68 bits per heavy atom. The molecule has 0 unspecified atom stereocenters. The number of aliphatic hydroxyl groups excluding tert-OH is 1. The van der Waals surface area contributed by atoms with Gasteiger partial charge in [0.05, 0.1) is 25.5 Å². The van der Waals surface area contributed by atoms with E-state index in [9.17, 15) is 9.59 Å². The van der Waals surface area contributed by atoms with Gasteiger partial charge in [-0.15, -0.1) is 0 Å². The average molecular weight is 471 g/mol. The lowest BCUT2D eigenvalue weighted by Gasteiger charge is -2.14. The van der Waals surface area contributed by atoms with Crippen LogP contribution in [-0.2, 0) is 16.1 Å². The third-order valence-corrected chi connectivity index (χ3v) is 4.71. The number of rotatable bonds is 10. The predicted molar refractivity (Wildman–Crippen MR) is 129 cm³/mol. The van der Waals surface area contributed by atoms with E-state index in [2.05, 4.69) is 20.9 Å². The first-order valence-electron chi connectivity index (χ1n) is 10.6. The molecule has 0 radical (unpaired) electrons. The Morgan fingerprint density at radius 2 is 2.06 bits per heavy atom. The van der Waals surface area contributed by atoms with Crippen molar-refractivity contribution < 1.29 is 28.6 Å². The standard InChI is InChI=1S/C13H18N2O4.C11H12N2O2/c1-2-12(8-16)19-13(18)14-7-10-4-3-5-11(6-10)15-9-17;1-12-8-3-4-9(10(5-8)14-2)11-6-13-7-15-11/h3-6,9,12,16H,2,7-8H2,1H3,(H,14,18)(H,15,17);3-7,12H,1-2H3/t12-;/m1./s1. The van der Waals surface area contributed by atoms with Gasteiger partial charge in [-0.05, 0) is 36.2 Å². The van der Waals surface area contributed by atoms with Crippen LogP contribution in [-0.4, -0.2) is 49.5 Å². The molecule has 0 spiro atoms. The summed E-state index contributed by atoms with van der Waals surface area (Å²) in [4.78, 5) is 25.6. The summed E-state index contributed by atoms with van der Waals surface area (Å²) >= 11 is 0. The fourth-order valence-corrected chi connectivity index (χ4v) is 2.86. The smallest absolute Gasteiger partial charge is 0.407 e. The Bertz CT molecular complexity index is 1020. The Hall–Kier alpha value is -4.05. The molecule has 0 aliphatic carbocycles. The Balaban J connectivity index is 0.000000246. The highest BCUT2D eigenvalue weighted by atomic mass is 16.6. The number of anilines is 2. The second kappa shape index (κ2) is 14.2. The number of hydrogen-bond acceptors (Lipinski definition) is 8. The summed E-state index contributed by atoms with van der Waals surface area (Å²) in [5, 5.41) is 17.1. The SMILES string of the molecule is CC[C@H](CO)OC(=O)NCc1cccc(NC=O)c1.CNc1ccc(-c2cnco2)c(OC)c1. The zero-order valence-corrected chi connectivity index (χ0v) is 19.4. The number of nitrogens with zero attached hydrogens (tertiary/aromatic N) is 1. The highest BCUT2D eigenvalue weighted by molar-refractivity contribution is 5.72. The van der Waals surface area contributed by atoms with E-state index in [-0.39, 0.29) is 13.2 Å². The van der Waals surface area contributed by atoms with Crippen LogP contribution in [0, 0.1) is 0 Å². The van der Waals surface area contributed by atoms with Crippen LogP contribution >= 0.6 is 0 Å². The highest BCUT2D eigenvalue weighted by Crippen LogP contribution is 2.31. The number of carbonyl (C=O) groups excluding carboxylic acids is 2. The van der Waals surface area contributed by atoms with Gasteiger partial charge in [-0.1, -0.05) is 19.1 Å². The Morgan fingerprint density at radius 1 is 1.24 bits per heavy atom. The van der Waals surface area contributed by atoms with E-state index in [1.54, 1.807) is 31.5 Å². The van der Waals surface area contributed by atoms with Gasteiger partial charge in [0, 0.05) is 31.0 Å². The Kier molecular flexibility index (Phi) is 10.9. The molecule has 0 fully saturated rings. The molecule has 2 amide bonds. The summed E-state index contributed by atoms with van der Waals surface area (Å²) in [6.45, 7) is 1.92. The van der Waals surface area contributed by atoms with Crippen LogP contribution in [0.25, 0.3) is 11.3 Å². The van der Waals surface area contributed by atoms with Crippen LogP contribution in [0.15, 0.2) is 59.5 Å². The number of hydrogen-bond donors (Lipinski definition) is 4. The van der Waals surface area contributed by atoms with Crippen molar-refractivity contribution in [1.82, 2.24) is 10.3 Å². The van der Waals surface area contributed by atoms with E-state index < -0.39 is 12.2 Å². The average Bonchev–Trinajstić information content (AvgIpc) is 3.41. The van der Waals surface area contributed by atoms with Gasteiger partial charge in [0.1, 0.15) is 11.9 Å². The van der Waals surface area contributed by atoms with E-state index in [1.165, 1.54) is 6.39 Å². The molecular formula is C24H30N4O6. The first kappa shape index (κ1) is 26.2. The van der Waals surface area contributed by atoms with Crippen molar-refractivity contribution in [3.05, 3.63) is 60.6 Å². The molecule has 10 nitrogen and oxygen atoms in total. The van der Waals surface area contributed by atoms with Gasteiger partial charge in [0.15, 0.2) is 12.2 Å². The fraction of sp³-hybridized carbons (Fsp3) is 0.292. The molecule has 2 aromatic carbocycles. The lowest BCUT2D eigenvalue weighted by atomic mass is 10.1. The van der Waals surface area contributed by atoms with Crippen LogP contribution < -0.4 is 20.7 Å². The minimum absolute atomic E-state index is 0.192. The maximum atomic E-state index is 11.4. The first-order valence-corrected chi connectivity index (χ1v) is 10.6. The summed E-state index contributed by atoms with van der Waals surface area (Å²) in [6, 6.07) is 12.9. The molecule has 1 atom stereocenters. The molecule has 4 N–H and O–H groups in total. The molecule has 0 saturated heterocycles. The summed E-state index contributed by atoms with van der Waals surface area (Å²) in [6.07, 6.45) is 3.16. The monoisotopic (exact) mass is 470 g/mol. The number of oxazole rings is 1. The first-order chi connectivity index (χ1) is 16.5. The topological polar surface area (TPSA) is 135 Å². The lowest BCUT2D eigenvalue weighted by Crippen LogP contribution is -2.30. The highest BCUT2D eigenvalue weighted by Gasteiger charge is 2.11. The van der Waals surface area contributed by atoms with Crippen molar-refractivity contribution in [3.63, 3.8) is 0 Å². The van der Waals surface area contributed by atoms with Crippen molar-refractivity contribution in [2.24, 2.45) is 0 Å².